The van der Waals surface area contributed by atoms with E-state index in [1.54, 1.807) is 0 Å². The Morgan fingerprint density at radius 2 is 1.92 bits per heavy atom. The van der Waals surface area contributed by atoms with Gasteiger partial charge in [0.15, 0.2) is 0 Å². The van der Waals surface area contributed by atoms with Crippen LogP contribution in [-0.2, 0) is 11.2 Å². The zero-order chi connectivity index (χ0) is 8.97. The van der Waals surface area contributed by atoms with Crippen molar-refractivity contribution in [1.82, 2.24) is 0 Å². The number of hydrogen-bond donors (Lipinski definition) is 2. The Morgan fingerprint density at radius 3 is 2.38 bits per heavy atom. The van der Waals surface area contributed by atoms with Crippen molar-refractivity contribution in [2.45, 2.75) is 12.5 Å². The van der Waals surface area contributed by atoms with Crippen LogP contribution in [0.25, 0.3) is 0 Å². The van der Waals surface area contributed by atoms with Gasteiger partial charge in [-0.3, -0.25) is 4.79 Å². The first-order chi connectivity index (χ1) is 5.70. The molecular formula is C9H11NO2Se. The van der Waals surface area contributed by atoms with E-state index in [0.717, 1.165) is 5.56 Å². The van der Waals surface area contributed by atoms with Crippen LogP contribution in [0.4, 0.5) is 0 Å². The maximum atomic E-state index is 10.4. The summed E-state index contributed by atoms with van der Waals surface area (Å²) in [6.45, 7) is 0. The van der Waals surface area contributed by atoms with Crippen LogP contribution in [0, 0.1) is 0 Å². The SMILES string of the molecule is N[C@@H](Cc1ccccc1)C(=O)O.[Se]. The van der Waals surface area contributed by atoms with E-state index in [0.29, 0.717) is 6.42 Å². The molecule has 1 aromatic rings. The molecule has 0 amide bonds. The summed E-state index contributed by atoms with van der Waals surface area (Å²) >= 11 is 0. The van der Waals surface area contributed by atoms with Crippen LogP contribution in [0.1, 0.15) is 5.56 Å². The number of rotatable bonds is 3. The molecule has 0 saturated carbocycles. The molecule has 1 aromatic carbocycles. The van der Waals surface area contributed by atoms with Crippen molar-refractivity contribution in [3.63, 3.8) is 0 Å². The molecule has 3 N–H and O–H groups in total. The summed E-state index contributed by atoms with van der Waals surface area (Å²) in [6, 6.07) is 8.54. The van der Waals surface area contributed by atoms with Gasteiger partial charge in [0, 0.05) is 17.1 Å². The molecule has 0 fully saturated rings. The fourth-order valence-corrected chi connectivity index (χ4v) is 0.955. The molecule has 0 spiro atoms. The molecule has 1 rings (SSSR count). The smallest absolute Gasteiger partial charge is 0.320 e. The summed E-state index contributed by atoms with van der Waals surface area (Å²) < 4.78 is 0. The molecule has 0 aliphatic heterocycles. The Hall–Kier alpha value is -0.831. The Kier molecular flexibility index (Phi) is 5.39. The average Bonchev–Trinajstić information content (AvgIpc) is 2.06. The second kappa shape index (κ2) is 5.75. The summed E-state index contributed by atoms with van der Waals surface area (Å²) in [5, 5.41) is 8.52. The molecule has 0 aromatic heterocycles. The van der Waals surface area contributed by atoms with Gasteiger partial charge < -0.3 is 10.8 Å². The summed E-state index contributed by atoms with van der Waals surface area (Å²) in [4.78, 5) is 10.4. The number of carbonyl (C=O) groups is 1. The standard InChI is InChI=1S/C9H11NO2.Se/c10-8(9(11)12)6-7-4-2-1-3-5-7;/h1-5,8H,6,10H2,(H,11,12);/t8-;/m0./s1. The van der Waals surface area contributed by atoms with Crippen LogP contribution in [0.3, 0.4) is 0 Å². The van der Waals surface area contributed by atoms with E-state index in [1.165, 1.54) is 0 Å². The minimum absolute atomic E-state index is 0. The van der Waals surface area contributed by atoms with Crippen molar-refractivity contribution in [3.05, 3.63) is 35.9 Å². The monoisotopic (exact) mass is 245 g/mol. The molecule has 0 bridgehead atoms. The van der Waals surface area contributed by atoms with Gasteiger partial charge in [-0.15, -0.1) is 0 Å². The van der Waals surface area contributed by atoms with Crippen LogP contribution in [0.15, 0.2) is 30.3 Å². The minimum Gasteiger partial charge on any atom is -0.480 e. The molecule has 13 heavy (non-hydrogen) atoms. The van der Waals surface area contributed by atoms with Crippen LogP contribution in [0.2, 0.25) is 0 Å². The van der Waals surface area contributed by atoms with Gasteiger partial charge in [0.1, 0.15) is 6.04 Å². The molecule has 0 unspecified atom stereocenters. The maximum absolute atomic E-state index is 10.4. The number of carboxylic acids is 1. The second-order valence-electron chi connectivity index (χ2n) is 2.63. The number of carboxylic acid groups (broad SMARTS) is 1. The van der Waals surface area contributed by atoms with E-state index in [2.05, 4.69) is 0 Å². The van der Waals surface area contributed by atoms with Gasteiger partial charge in [-0.05, 0) is 12.0 Å². The minimum atomic E-state index is -0.959. The van der Waals surface area contributed by atoms with E-state index >= 15 is 0 Å². The largest absolute Gasteiger partial charge is 0.480 e. The Balaban J connectivity index is 0.00000144. The third kappa shape index (κ3) is 4.08. The van der Waals surface area contributed by atoms with Gasteiger partial charge in [0.2, 0.25) is 0 Å². The maximum Gasteiger partial charge on any atom is 0.320 e. The van der Waals surface area contributed by atoms with E-state index in [-0.39, 0.29) is 17.1 Å². The first-order valence-electron chi connectivity index (χ1n) is 3.72. The summed E-state index contributed by atoms with van der Waals surface area (Å²) in [7, 11) is 0. The topological polar surface area (TPSA) is 63.3 Å². The van der Waals surface area contributed by atoms with Crippen molar-refractivity contribution < 1.29 is 9.90 Å². The fraction of sp³-hybridized carbons (Fsp3) is 0.222. The van der Waals surface area contributed by atoms with Crippen LogP contribution in [0.5, 0.6) is 0 Å². The molecule has 0 heterocycles. The zero-order valence-electron chi connectivity index (χ0n) is 7.01. The van der Waals surface area contributed by atoms with E-state index < -0.39 is 12.0 Å². The summed E-state index contributed by atoms with van der Waals surface area (Å²) in [5.74, 6) is -0.959. The summed E-state index contributed by atoms with van der Waals surface area (Å²) in [6.07, 6.45) is 0.385. The Bertz CT molecular complexity index is 264. The molecule has 2 radical (unpaired) electrons. The van der Waals surface area contributed by atoms with Crippen LogP contribution in [-0.4, -0.2) is 34.2 Å². The molecule has 1 atom stereocenters. The predicted molar refractivity (Wildman–Crippen MR) is 51.5 cm³/mol. The average molecular weight is 244 g/mol. The zero-order valence-corrected chi connectivity index (χ0v) is 8.73. The molecule has 3 nitrogen and oxygen atoms in total. The van der Waals surface area contributed by atoms with Gasteiger partial charge in [0.05, 0.1) is 0 Å². The van der Waals surface area contributed by atoms with Crippen molar-refractivity contribution in [3.8, 4) is 0 Å². The third-order valence-electron chi connectivity index (χ3n) is 1.62. The molecule has 0 saturated heterocycles. The third-order valence-corrected chi connectivity index (χ3v) is 1.62. The van der Waals surface area contributed by atoms with Gasteiger partial charge in [-0.2, -0.15) is 0 Å². The van der Waals surface area contributed by atoms with Gasteiger partial charge >= 0.3 is 5.97 Å². The molecule has 0 aliphatic carbocycles. The van der Waals surface area contributed by atoms with Crippen molar-refractivity contribution in [2.75, 3.05) is 0 Å². The predicted octanol–water partition coefficient (Wildman–Crippen LogP) is 0.260. The first kappa shape index (κ1) is 12.2. The first-order valence-corrected chi connectivity index (χ1v) is 3.72. The molecular weight excluding hydrogens is 233 g/mol. The Morgan fingerprint density at radius 1 is 1.38 bits per heavy atom. The number of aliphatic carboxylic acids is 1. The Labute approximate surface area is 87.4 Å². The quantitative estimate of drug-likeness (QED) is 0.750. The normalized spacial score (nSPS) is 11.5. The number of nitrogens with two attached hydrogens (primary N) is 1. The summed E-state index contributed by atoms with van der Waals surface area (Å²) in [5.41, 5.74) is 6.30. The van der Waals surface area contributed by atoms with Crippen molar-refractivity contribution in [1.29, 1.82) is 0 Å². The van der Waals surface area contributed by atoms with E-state index in [4.69, 9.17) is 10.8 Å². The van der Waals surface area contributed by atoms with E-state index in [9.17, 15) is 4.79 Å². The van der Waals surface area contributed by atoms with Crippen LogP contribution >= 0.6 is 0 Å². The van der Waals surface area contributed by atoms with Crippen molar-refractivity contribution >= 4 is 23.0 Å². The van der Waals surface area contributed by atoms with Gasteiger partial charge in [-0.25, -0.2) is 0 Å². The van der Waals surface area contributed by atoms with Crippen molar-refractivity contribution in [2.24, 2.45) is 5.73 Å². The van der Waals surface area contributed by atoms with E-state index in [1.807, 2.05) is 30.3 Å². The second-order valence-corrected chi connectivity index (χ2v) is 2.63. The van der Waals surface area contributed by atoms with Crippen LogP contribution < -0.4 is 5.73 Å². The molecule has 0 aliphatic rings. The van der Waals surface area contributed by atoms with Gasteiger partial charge in [0.25, 0.3) is 0 Å². The number of benzene rings is 1. The van der Waals surface area contributed by atoms with Gasteiger partial charge in [-0.1, -0.05) is 30.3 Å². The molecule has 4 heteroatoms. The number of hydrogen-bond acceptors (Lipinski definition) is 2. The molecule has 70 valence electrons. The fourth-order valence-electron chi connectivity index (χ4n) is 0.955.